The van der Waals surface area contributed by atoms with Gasteiger partial charge in [0.25, 0.3) is 5.69 Å². The Morgan fingerprint density at radius 3 is 2.83 bits per heavy atom. The molecule has 0 amide bonds. The molecule has 1 heterocycles. The highest BCUT2D eigenvalue weighted by Gasteiger charge is 2.41. The van der Waals surface area contributed by atoms with Crippen molar-refractivity contribution in [1.29, 1.82) is 0 Å². The van der Waals surface area contributed by atoms with Crippen LogP contribution in [0, 0.1) is 21.4 Å². The van der Waals surface area contributed by atoms with Gasteiger partial charge in [-0.05, 0) is 40.7 Å². The molecule has 0 saturated carbocycles. The maximum absolute atomic E-state index is 11.4. The number of benzene rings is 1. The number of nitro benzene ring substituents is 1. The van der Waals surface area contributed by atoms with Crippen molar-refractivity contribution in [2.45, 2.75) is 20.3 Å². The molecule has 118 valence electrons. The Hall–Kier alpha value is -2.36. The summed E-state index contributed by atoms with van der Waals surface area (Å²) < 4.78 is 0. The lowest BCUT2D eigenvalue weighted by molar-refractivity contribution is -0.385. The van der Waals surface area contributed by atoms with Crippen molar-refractivity contribution in [3.63, 3.8) is 0 Å². The Morgan fingerprint density at radius 2 is 2.09 bits per heavy atom. The number of likely N-dealkylation sites (tertiary alicyclic amines) is 1. The van der Waals surface area contributed by atoms with Gasteiger partial charge in [-0.15, -0.1) is 0 Å². The highest BCUT2D eigenvalue weighted by molar-refractivity contribution is 5.99. The van der Waals surface area contributed by atoms with E-state index in [1.165, 1.54) is 11.3 Å². The Kier molecular flexibility index (Phi) is 2.83. The zero-order valence-electron chi connectivity index (χ0n) is 13.7. The van der Waals surface area contributed by atoms with Gasteiger partial charge in [0.2, 0.25) is 0 Å². The van der Waals surface area contributed by atoms with Crippen LogP contribution in [-0.4, -0.2) is 23.4 Å². The monoisotopic (exact) mass is 308 g/mol. The third-order valence-electron chi connectivity index (χ3n) is 5.18. The van der Waals surface area contributed by atoms with E-state index in [4.69, 9.17) is 0 Å². The lowest BCUT2D eigenvalue weighted by Crippen LogP contribution is -2.42. The van der Waals surface area contributed by atoms with Crippen molar-refractivity contribution in [2.24, 2.45) is 11.3 Å². The first kappa shape index (κ1) is 14.2. The number of fused-ring (bicyclic) bond motifs is 5. The molecule has 1 saturated heterocycles. The van der Waals surface area contributed by atoms with Gasteiger partial charge in [0, 0.05) is 31.3 Å². The summed E-state index contributed by atoms with van der Waals surface area (Å²) in [5.74, 6) is 0.329. The first-order chi connectivity index (χ1) is 10.9. The number of nitrogens with zero attached hydrogens (tertiary/aromatic N) is 2. The third-order valence-corrected chi connectivity index (χ3v) is 5.18. The maximum Gasteiger partial charge on any atom is 0.277 e. The summed E-state index contributed by atoms with van der Waals surface area (Å²) in [6.07, 6.45) is 7.44. The van der Waals surface area contributed by atoms with Crippen molar-refractivity contribution in [2.75, 3.05) is 13.6 Å². The topological polar surface area (TPSA) is 46.4 Å². The Bertz CT molecular complexity index is 815. The number of hydrogen-bond acceptors (Lipinski definition) is 3. The second kappa shape index (κ2) is 4.57. The molecule has 0 radical (unpaired) electrons. The normalized spacial score (nSPS) is 24.0. The minimum Gasteiger partial charge on any atom is -0.377 e. The highest BCUT2D eigenvalue weighted by Crippen LogP contribution is 2.52. The van der Waals surface area contributed by atoms with Gasteiger partial charge < -0.3 is 4.90 Å². The van der Waals surface area contributed by atoms with E-state index in [1.54, 1.807) is 12.1 Å². The van der Waals surface area contributed by atoms with Crippen LogP contribution in [0.25, 0.3) is 11.6 Å². The van der Waals surface area contributed by atoms with E-state index in [-0.39, 0.29) is 16.0 Å². The van der Waals surface area contributed by atoms with Gasteiger partial charge in [-0.2, -0.15) is 0 Å². The second-order valence-electron chi connectivity index (χ2n) is 7.55. The molecule has 0 N–H and O–H groups in total. The molecule has 4 heteroatoms. The Balaban J connectivity index is 1.87. The summed E-state index contributed by atoms with van der Waals surface area (Å²) in [6, 6.07) is 5.36. The predicted octanol–water partition coefficient (Wildman–Crippen LogP) is 4.25. The van der Waals surface area contributed by atoms with E-state index in [0.29, 0.717) is 5.92 Å². The molecule has 1 fully saturated rings. The van der Waals surface area contributed by atoms with E-state index in [9.17, 15) is 10.1 Å². The average molecular weight is 308 g/mol. The van der Waals surface area contributed by atoms with E-state index in [0.717, 1.165) is 29.7 Å². The van der Waals surface area contributed by atoms with Gasteiger partial charge in [-0.1, -0.05) is 32.1 Å². The minimum atomic E-state index is -0.271. The predicted molar refractivity (Wildman–Crippen MR) is 91.7 cm³/mol. The molecule has 4 nitrogen and oxygen atoms in total. The first-order valence-corrected chi connectivity index (χ1v) is 8.00. The van der Waals surface area contributed by atoms with E-state index in [1.807, 2.05) is 6.07 Å². The fraction of sp³-hybridized carbons (Fsp3) is 0.368. The Morgan fingerprint density at radius 1 is 1.30 bits per heavy atom. The maximum atomic E-state index is 11.4. The zero-order valence-corrected chi connectivity index (χ0v) is 13.7. The van der Waals surface area contributed by atoms with Crippen molar-refractivity contribution in [3.8, 4) is 0 Å². The van der Waals surface area contributed by atoms with Gasteiger partial charge in [0.1, 0.15) is 0 Å². The summed E-state index contributed by atoms with van der Waals surface area (Å²) in [7, 11) is 2.14. The van der Waals surface area contributed by atoms with Crippen molar-refractivity contribution < 1.29 is 4.92 Å². The van der Waals surface area contributed by atoms with E-state index >= 15 is 0 Å². The van der Waals surface area contributed by atoms with E-state index in [2.05, 4.69) is 44.0 Å². The van der Waals surface area contributed by atoms with Crippen molar-refractivity contribution in [3.05, 3.63) is 62.9 Å². The molecular formula is C19H20N2O2. The van der Waals surface area contributed by atoms with Gasteiger partial charge >= 0.3 is 0 Å². The lowest BCUT2D eigenvalue weighted by Gasteiger charge is -2.45. The number of hydrogen-bond donors (Lipinski definition) is 0. The van der Waals surface area contributed by atoms with Crippen LogP contribution in [-0.2, 0) is 0 Å². The van der Waals surface area contributed by atoms with E-state index < -0.39 is 0 Å². The van der Waals surface area contributed by atoms with Crippen molar-refractivity contribution >= 4 is 17.3 Å². The molecule has 2 aliphatic carbocycles. The highest BCUT2D eigenvalue weighted by atomic mass is 16.6. The fourth-order valence-corrected chi connectivity index (χ4v) is 4.38. The lowest BCUT2D eigenvalue weighted by atomic mass is 9.71. The van der Waals surface area contributed by atoms with Gasteiger partial charge in [0.05, 0.1) is 10.5 Å². The standard InChI is InChI=1S/C19H20N2O2/c1-19(2)10-15-14-9-12-5-4-6-17(21(22)23)18(12)13(14)7-8-16(15)20(3)11-19/h4-9,15H,10-11H2,1-3H3. The minimum absolute atomic E-state index is 0.209. The molecule has 3 aliphatic rings. The molecule has 1 aliphatic heterocycles. The van der Waals surface area contributed by atoms with Gasteiger partial charge in [-0.25, -0.2) is 0 Å². The van der Waals surface area contributed by atoms with Crippen LogP contribution in [0.3, 0.4) is 0 Å². The fourth-order valence-electron chi connectivity index (χ4n) is 4.38. The molecule has 0 aromatic heterocycles. The molecule has 23 heavy (non-hydrogen) atoms. The van der Waals surface area contributed by atoms with Crippen molar-refractivity contribution in [1.82, 2.24) is 4.90 Å². The van der Waals surface area contributed by atoms with Crippen LogP contribution in [0.1, 0.15) is 31.4 Å². The first-order valence-electron chi connectivity index (χ1n) is 8.00. The quantitative estimate of drug-likeness (QED) is 0.575. The average Bonchev–Trinajstić information content (AvgIpc) is 2.85. The number of allylic oxidation sites excluding steroid dienone is 4. The SMILES string of the molecule is CN1CC(C)(C)CC2C3=Cc4cccc([N+](=O)[O-])c4C3=CC=C21. The summed E-state index contributed by atoms with van der Waals surface area (Å²) in [5, 5.41) is 11.4. The van der Waals surface area contributed by atoms with Crippen LogP contribution in [0.2, 0.25) is 0 Å². The van der Waals surface area contributed by atoms with Crippen LogP contribution in [0.4, 0.5) is 5.69 Å². The second-order valence-corrected chi connectivity index (χ2v) is 7.55. The van der Waals surface area contributed by atoms with Gasteiger partial charge in [0.15, 0.2) is 0 Å². The zero-order chi connectivity index (χ0) is 16.4. The number of piperidine rings is 1. The molecular weight excluding hydrogens is 288 g/mol. The summed E-state index contributed by atoms with van der Waals surface area (Å²) >= 11 is 0. The molecule has 4 rings (SSSR count). The summed E-state index contributed by atoms with van der Waals surface area (Å²) in [4.78, 5) is 13.5. The third kappa shape index (κ3) is 2.05. The molecule has 0 bridgehead atoms. The molecule has 0 spiro atoms. The largest absolute Gasteiger partial charge is 0.377 e. The van der Waals surface area contributed by atoms with Gasteiger partial charge in [-0.3, -0.25) is 10.1 Å². The van der Waals surface area contributed by atoms with Crippen LogP contribution >= 0.6 is 0 Å². The smallest absolute Gasteiger partial charge is 0.277 e. The number of rotatable bonds is 1. The molecule has 1 aromatic carbocycles. The van der Waals surface area contributed by atoms with Crippen LogP contribution in [0.15, 0.2) is 41.6 Å². The summed E-state index contributed by atoms with van der Waals surface area (Å²) in [6.45, 7) is 5.63. The molecule has 1 unspecified atom stereocenters. The van der Waals surface area contributed by atoms with Crippen LogP contribution < -0.4 is 0 Å². The molecule has 1 atom stereocenters. The van der Waals surface area contributed by atoms with Crippen LogP contribution in [0.5, 0.6) is 0 Å². The Labute approximate surface area is 136 Å². The molecule has 1 aromatic rings. The number of nitro groups is 1. The summed E-state index contributed by atoms with van der Waals surface area (Å²) in [5.41, 5.74) is 5.81.